The van der Waals surface area contributed by atoms with E-state index in [-0.39, 0.29) is 31.1 Å². The molecule has 0 spiro atoms. The Morgan fingerprint density at radius 2 is 1.74 bits per heavy atom. The van der Waals surface area contributed by atoms with Gasteiger partial charge in [-0.3, -0.25) is 14.4 Å². The summed E-state index contributed by atoms with van der Waals surface area (Å²) in [5.41, 5.74) is 1.48. The van der Waals surface area contributed by atoms with Crippen molar-refractivity contribution in [3.8, 4) is 5.75 Å². The van der Waals surface area contributed by atoms with Crippen LogP contribution in [-0.4, -0.2) is 50.5 Å². The number of fused-ring (bicyclic) bond motifs is 2. The van der Waals surface area contributed by atoms with E-state index in [2.05, 4.69) is 26.6 Å². The largest absolute Gasteiger partial charge is 0.496 e. The van der Waals surface area contributed by atoms with E-state index in [0.29, 0.717) is 17.1 Å². The Hall–Kier alpha value is -3.99. The number of hydrogen-bond donors (Lipinski definition) is 2. The van der Waals surface area contributed by atoms with Crippen molar-refractivity contribution in [1.29, 1.82) is 0 Å². The maximum absolute atomic E-state index is 14.8. The van der Waals surface area contributed by atoms with Crippen molar-refractivity contribution in [3.63, 3.8) is 0 Å². The molecule has 0 bridgehead atoms. The van der Waals surface area contributed by atoms with E-state index in [1.807, 2.05) is 30.3 Å². The van der Waals surface area contributed by atoms with Crippen LogP contribution in [0.3, 0.4) is 0 Å². The summed E-state index contributed by atoms with van der Waals surface area (Å²) in [5, 5.41) is 7.52. The summed E-state index contributed by atoms with van der Waals surface area (Å²) in [6.07, 6.45) is 0. The second-order valence-electron chi connectivity index (χ2n) is 9.99. The molecule has 224 valence electrons. The molecule has 0 saturated carbocycles. The van der Waals surface area contributed by atoms with Gasteiger partial charge < -0.3 is 25.2 Å². The molecule has 43 heavy (non-hydrogen) atoms. The molecular formula is C32H31BrClFN4O4. The van der Waals surface area contributed by atoms with Gasteiger partial charge in [0.25, 0.3) is 11.8 Å². The van der Waals surface area contributed by atoms with Crippen LogP contribution in [0.5, 0.6) is 5.75 Å². The lowest BCUT2D eigenvalue weighted by atomic mass is 10.0. The minimum absolute atomic E-state index is 0. The number of nitrogens with one attached hydrogen (secondary N) is 2. The Morgan fingerprint density at radius 1 is 1.05 bits per heavy atom. The van der Waals surface area contributed by atoms with E-state index in [1.54, 1.807) is 56.3 Å². The number of likely N-dealkylation sites (N-methyl/N-ethyl adjacent to an activating group) is 1. The Labute approximate surface area is 263 Å². The predicted molar refractivity (Wildman–Crippen MR) is 172 cm³/mol. The fraction of sp³-hybridized carbons (Fsp3) is 0.219. The van der Waals surface area contributed by atoms with Crippen LogP contribution in [0.1, 0.15) is 22.8 Å². The van der Waals surface area contributed by atoms with Crippen LogP contribution in [0, 0.1) is 5.82 Å². The third-order valence-electron chi connectivity index (χ3n) is 7.47. The van der Waals surface area contributed by atoms with E-state index in [1.165, 1.54) is 23.1 Å². The van der Waals surface area contributed by atoms with Gasteiger partial charge in [0.1, 0.15) is 17.6 Å². The molecule has 0 aromatic heterocycles. The van der Waals surface area contributed by atoms with Gasteiger partial charge in [0.2, 0.25) is 5.91 Å². The number of para-hydroxylation sites is 2. The van der Waals surface area contributed by atoms with E-state index in [4.69, 9.17) is 4.74 Å². The lowest BCUT2D eigenvalue weighted by molar-refractivity contribution is -0.128. The van der Waals surface area contributed by atoms with Gasteiger partial charge in [-0.2, -0.15) is 0 Å². The highest BCUT2D eigenvalue weighted by Gasteiger charge is 2.38. The monoisotopic (exact) mass is 668 g/mol. The minimum Gasteiger partial charge on any atom is -0.496 e. The molecule has 0 saturated heterocycles. The zero-order valence-electron chi connectivity index (χ0n) is 23.8. The normalized spacial score (nSPS) is 15.3. The Balaban J connectivity index is 0.00000423. The van der Waals surface area contributed by atoms with E-state index < -0.39 is 35.6 Å². The third-order valence-corrected chi connectivity index (χ3v) is 7.96. The number of carbonyl (C=O) groups is 3. The third kappa shape index (κ3) is 6.36. The van der Waals surface area contributed by atoms with Crippen LogP contribution < -0.4 is 25.2 Å². The van der Waals surface area contributed by atoms with Gasteiger partial charge in [0.15, 0.2) is 0 Å². The molecule has 0 radical (unpaired) electrons. The van der Waals surface area contributed by atoms with Crippen molar-refractivity contribution in [1.82, 2.24) is 10.6 Å². The highest BCUT2D eigenvalue weighted by Crippen LogP contribution is 2.38. The standard InChI is InChI=1S/C32H30BrFN4O4.ClH/c1-19(35-2)30(39)36-26-18-38(31(40)23-8-4-5-9-25(23)34)28-11-7-6-10-27(28)37(32(26)41)17-24-22-14-13-21(33)16-20(22)12-15-29(24)42-3;/h4-16,19,26,35H,17-18H2,1-3H3,(H,36,39);1H. The van der Waals surface area contributed by atoms with Crippen molar-refractivity contribution < 1.29 is 23.5 Å². The summed E-state index contributed by atoms with van der Waals surface area (Å²) in [6.45, 7) is 1.57. The molecule has 11 heteroatoms. The molecular weight excluding hydrogens is 639 g/mol. The Morgan fingerprint density at radius 3 is 2.44 bits per heavy atom. The molecule has 1 aliphatic rings. The number of nitrogens with zero attached hydrogens (tertiary/aromatic N) is 2. The topological polar surface area (TPSA) is 91.0 Å². The van der Waals surface area contributed by atoms with Crippen LogP contribution in [-0.2, 0) is 16.1 Å². The van der Waals surface area contributed by atoms with Crippen molar-refractivity contribution in [2.45, 2.75) is 25.6 Å². The average Bonchev–Trinajstić information content (AvgIpc) is 3.11. The maximum Gasteiger partial charge on any atom is 0.261 e. The Bertz CT molecular complexity index is 1690. The van der Waals surface area contributed by atoms with Gasteiger partial charge in [-0.05, 0) is 67.2 Å². The fourth-order valence-corrected chi connectivity index (χ4v) is 5.49. The minimum atomic E-state index is -1.12. The number of carbonyl (C=O) groups excluding carboxylic acids is 3. The number of amides is 3. The van der Waals surface area contributed by atoms with Gasteiger partial charge in [-0.25, -0.2) is 4.39 Å². The number of anilines is 2. The molecule has 1 heterocycles. The predicted octanol–water partition coefficient (Wildman–Crippen LogP) is 5.46. The number of rotatable bonds is 7. The molecule has 0 fully saturated rings. The summed E-state index contributed by atoms with van der Waals surface area (Å²) >= 11 is 3.52. The molecule has 0 aliphatic carbocycles. The smallest absolute Gasteiger partial charge is 0.261 e. The molecule has 4 aromatic rings. The highest BCUT2D eigenvalue weighted by atomic mass is 79.9. The molecule has 2 atom stereocenters. The summed E-state index contributed by atoms with van der Waals surface area (Å²) in [5.74, 6) is -1.54. The zero-order chi connectivity index (χ0) is 30.0. The highest BCUT2D eigenvalue weighted by molar-refractivity contribution is 9.10. The second-order valence-corrected chi connectivity index (χ2v) is 10.9. The first-order valence-electron chi connectivity index (χ1n) is 13.4. The van der Waals surface area contributed by atoms with Crippen LogP contribution in [0.25, 0.3) is 10.8 Å². The fourth-order valence-electron chi connectivity index (χ4n) is 5.11. The maximum atomic E-state index is 14.8. The van der Waals surface area contributed by atoms with Gasteiger partial charge in [0.05, 0.1) is 43.2 Å². The first-order valence-corrected chi connectivity index (χ1v) is 14.2. The quantitative estimate of drug-likeness (QED) is 0.273. The van der Waals surface area contributed by atoms with E-state index >= 15 is 0 Å². The first-order chi connectivity index (χ1) is 20.2. The summed E-state index contributed by atoms with van der Waals surface area (Å²) in [6, 6.07) is 20.6. The van der Waals surface area contributed by atoms with Crippen LogP contribution in [0.4, 0.5) is 15.8 Å². The number of hydrogen-bond acceptors (Lipinski definition) is 5. The average molecular weight is 670 g/mol. The van der Waals surface area contributed by atoms with E-state index in [9.17, 15) is 18.8 Å². The number of methoxy groups -OCH3 is 1. The van der Waals surface area contributed by atoms with Gasteiger partial charge in [-0.15, -0.1) is 12.4 Å². The van der Waals surface area contributed by atoms with Crippen LogP contribution >= 0.6 is 28.3 Å². The molecule has 2 unspecified atom stereocenters. The summed E-state index contributed by atoms with van der Waals surface area (Å²) in [4.78, 5) is 44.1. The summed E-state index contributed by atoms with van der Waals surface area (Å²) in [7, 11) is 3.21. The zero-order valence-corrected chi connectivity index (χ0v) is 26.2. The second kappa shape index (κ2) is 13.5. The molecule has 3 amide bonds. The van der Waals surface area contributed by atoms with Gasteiger partial charge >= 0.3 is 0 Å². The molecule has 4 aromatic carbocycles. The van der Waals surface area contributed by atoms with Gasteiger partial charge in [-0.1, -0.05) is 52.3 Å². The first kappa shape index (κ1) is 31.9. The van der Waals surface area contributed by atoms with Crippen molar-refractivity contribution in [3.05, 3.63) is 100 Å². The van der Waals surface area contributed by atoms with Crippen LogP contribution in [0.2, 0.25) is 0 Å². The molecule has 5 rings (SSSR count). The molecule has 2 N–H and O–H groups in total. The van der Waals surface area contributed by atoms with Crippen LogP contribution in [0.15, 0.2) is 83.3 Å². The molecule has 1 aliphatic heterocycles. The Kier molecular flexibility index (Phi) is 10.1. The van der Waals surface area contributed by atoms with E-state index in [0.717, 1.165) is 20.8 Å². The van der Waals surface area contributed by atoms with Crippen molar-refractivity contribution in [2.75, 3.05) is 30.5 Å². The van der Waals surface area contributed by atoms with Crippen molar-refractivity contribution in [2.24, 2.45) is 0 Å². The number of benzene rings is 4. The summed E-state index contributed by atoms with van der Waals surface area (Å²) < 4.78 is 21.4. The number of halogens is 3. The lowest BCUT2D eigenvalue weighted by Crippen LogP contribution is -2.55. The molecule has 8 nitrogen and oxygen atoms in total. The lowest BCUT2D eigenvalue weighted by Gasteiger charge is -2.27. The van der Waals surface area contributed by atoms with Gasteiger partial charge in [0, 0.05) is 10.0 Å². The number of ether oxygens (including phenoxy) is 1. The van der Waals surface area contributed by atoms with Crippen molar-refractivity contribution >= 4 is 68.2 Å². The SMILES string of the molecule is CNC(C)C(=O)NC1CN(C(=O)c2ccccc2F)c2ccccc2N(Cc2c(OC)ccc3cc(Br)ccc23)C1=O.Cl.